The molecule has 1 atom stereocenters. The van der Waals surface area contributed by atoms with Crippen molar-refractivity contribution in [3.63, 3.8) is 0 Å². The molecule has 1 N–H and O–H groups in total. The highest BCUT2D eigenvalue weighted by atomic mass is 28.3. The van der Waals surface area contributed by atoms with Gasteiger partial charge in [0.05, 0.1) is 8.07 Å². The van der Waals surface area contributed by atoms with Gasteiger partial charge in [-0.2, -0.15) is 0 Å². The first-order valence-corrected chi connectivity index (χ1v) is 10.7. The Morgan fingerprint density at radius 1 is 1.05 bits per heavy atom. The monoisotopic (exact) mass is 312 g/mol. The normalized spacial score (nSPS) is 13.7. The Morgan fingerprint density at radius 3 is 2.18 bits per heavy atom. The second-order valence-corrected chi connectivity index (χ2v) is 11.1. The van der Waals surface area contributed by atoms with Gasteiger partial charge in [0.2, 0.25) is 0 Å². The maximum atomic E-state index is 10.1. The summed E-state index contributed by atoms with van der Waals surface area (Å²) in [6, 6.07) is 20.4. The predicted octanol–water partition coefficient (Wildman–Crippen LogP) is 4.61. The van der Waals surface area contributed by atoms with Crippen molar-refractivity contribution in [2.75, 3.05) is 0 Å². The molecule has 0 amide bonds. The Labute approximate surface area is 134 Å². The molecule has 1 unspecified atom stereocenters. The van der Waals surface area contributed by atoms with E-state index in [2.05, 4.69) is 44.3 Å². The van der Waals surface area contributed by atoms with Crippen molar-refractivity contribution in [2.24, 2.45) is 0 Å². The molecule has 2 aromatic rings. The second kappa shape index (κ2) is 7.32. The van der Waals surface area contributed by atoms with Gasteiger partial charge in [0.25, 0.3) is 5.95 Å². The van der Waals surface area contributed by atoms with Gasteiger partial charge in [-0.1, -0.05) is 85.9 Å². The van der Waals surface area contributed by atoms with Crippen LogP contribution < -0.4 is 5.19 Å². The maximum Gasteiger partial charge on any atom is 0.272 e. The molecule has 0 heterocycles. The molecule has 2 aromatic carbocycles. The van der Waals surface area contributed by atoms with E-state index in [0.717, 1.165) is 5.56 Å². The van der Waals surface area contributed by atoms with Crippen LogP contribution in [0.3, 0.4) is 0 Å². The van der Waals surface area contributed by atoms with Gasteiger partial charge in [0.1, 0.15) is 6.61 Å². The highest BCUT2D eigenvalue weighted by molar-refractivity contribution is 6.91. The number of rotatable bonds is 6. The molecule has 116 valence electrons. The van der Waals surface area contributed by atoms with E-state index >= 15 is 0 Å². The van der Waals surface area contributed by atoms with Crippen LogP contribution in [0.2, 0.25) is 18.6 Å². The van der Waals surface area contributed by atoms with Crippen molar-refractivity contribution in [1.82, 2.24) is 0 Å². The number of ether oxygens (including phenoxy) is 1. The zero-order chi connectivity index (χ0) is 16.0. The number of hydrogen-bond donors (Lipinski definition) is 1. The molecular weight excluding hydrogens is 288 g/mol. The largest absolute Gasteiger partial charge is 0.481 e. The molecule has 0 aliphatic rings. The summed E-state index contributed by atoms with van der Waals surface area (Å²) in [7, 11) is -1.67. The molecule has 0 bridgehead atoms. The molecular formula is C19H24O2Si. The average Bonchev–Trinajstić information content (AvgIpc) is 2.54. The molecule has 3 heteroatoms. The van der Waals surface area contributed by atoms with Crippen LogP contribution in [0.25, 0.3) is 0 Å². The van der Waals surface area contributed by atoms with E-state index in [1.807, 2.05) is 42.5 Å². The van der Waals surface area contributed by atoms with E-state index in [4.69, 9.17) is 4.74 Å². The van der Waals surface area contributed by atoms with Crippen LogP contribution in [0.1, 0.15) is 12.5 Å². The second-order valence-electron chi connectivity index (χ2n) is 6.16. The molecule has 22 heavy (non-hydrogen) atoms. The van der Waals surface area contributed by atoms with Crippen LogP contribution in [0.15, 0.2) is 72.7 Å². The minimum atomic E-state index is -1.67. The quantitative estimate of drug-likeness (QED) is 0.623. The lowest BCUT2D eigenvalue weighted by molar-refractivity contribution is 0.0815. The first kappa shape index (κ1) is 16.4. The molecule has 0 saturated carbocycles. The van der Waals surface area contributed by atoms with Crippen molar-refractivity contribution in [1.29, 1.82) is 0 Å². The van der Waals surface area contributed by atoms with Crippen LogP contribution >= 0.6 is 0 Å². The van der Waals surface area contributed by atoms with Crippen molar-refractivity contribution < 1.29 is 9.84 Å². The van der Waals surface area contributed by atoms with Gasteiger partial charge >= 0.3 is 0 Å². The van der Waals surface area contributed by atoms with Gasteiger partial charge in [0.15, 0.2) is 0 Å². The molecule has 2 rings (SSSR count). The molecule has 0 aliphatic heterocycles. The third-order valence-electron chi connectivity index (χ3n) is 4.28. The summed E-state index contributed by atoms with van der Waals surface area (Å²) in [4.78, 5) is 0. The van der Waals surface area contributed by atoms with Gasteiger partial charge in [-0.15, -0.1) is 0 Å². The summed E-state index contributed by atoms with van der Waals surface area (Å²) in [5.41, 5.74) is 1.33. The van der Waals surface area contributed by atoms with Gasteiger partial charge in [-0.05, 0) is 17.2 Å². The van der Waals surface area contributed by atoms with Crippen LogP contribution in [0.5, 0.6) is 0 Å². The van der Waals surface area contributed by atoms with Gasteiger partial charge < -0.3 is 9.84 Å². The predicted molar refractivity (Wildman–Crippen MR) is 94.9 cm³/mol. The third-order valence-corrected chi connectivity index (χ3v) is 8.54. The van der Waals surface area contributed by atoms with Gasteiger partial charge in [0, 0.05) is 0 Å². The molecule has 0 saturated heterocycles. The van der Waals surface area contributed by atoms with Crippen LogP contribution in [0.4, 0.5) is 0 Å². The van der Waals surface area contributed by atoms with E-state index in [-0.39, 0.29) is 11.5 Å². The summed E-state index contributed by atoms with van der Waals surface area (Å²) in [6.45, 7) is 7.17. The Morgan fingerprint density at radius 2 is 1.59 bits per heavy atom. The molecule has 0 aromatic heterocycles. The Balaban J connectivity index is 2.01. The minimum absolute atomic E-state index is 0.0212. The Hall–Kier alpha value is -2.00. The van der Waals surface area contributed by atoms with Gasteiger partial charge in [-0.3, -0.25) is 0 Å². The van der Waals surface area contributed by atoms with E-state index in [1.54, 1.807) is 0 Å². The zero-order valence-corrected chi connectivity index (χ0v) is 14.5. The fraction of sp³-hybridized carbons (Fsp3) is 0.263. The minimum Gasteiger partial charge on any atom is -0.481 e. The van der Waals surface area contributed by atoms with E-state index < -0.39 is 8.07 Å². The van der Waals surface area contributed by atoms with E-state index in [0.29, 0.717) is 6.61 Å². The topological polar surface area (TPSA) is 29.5 Å². The standard InChI is InChI=1S/C19H24O2Si/c1-16(22(2,3)18-12-8-5-9-13-18)14-19(20)21-15-17-10-6-4-7-11-17/h4-14,16,20H,15H2,1-3H3/b19-14+. The van der Waals surface area contributed by atoms with Crippen LogP contribution in [-0.4, -0.2) is 13.2 Å². The smallest absolute Gasteiger partial charge is 0.272 e. The molecule has 2 nitrogen and oxygen atoms in total. The Bertz CT molecular complexity index is 606. The number of aliphatic hydroxyl groups is 1. The lowest BCUT2D eigenvalue weighted by Gasteiger charge is -2.28. The van der Waals surface area contributed by atoms with Crippen LogP contribution in [0, 0.1) is 0 Å². The number of aliphatic hydroxyl groups excluding tert-OH is 1. The molecule has 0 aliphatic carbocycles. The van der Waals surface area contributed by atoms with Crippen molar-refractivity contribution >= 4 is 13.3 Å². The molecule has 0 spiro atoms. The van der Waals surface area contributed by atoms with Gasteiger partial charge in [-0.25, -0.2) is 0 Å². The molecule has 0 fully saturated rings. The fourth-order valence-corrected chi connectivity index (χ4v) is 4.47. The van der Waals surface area contributed by atoms with Crippen molar-refractivity contribution in [3.05, 3.63) is 78.2 Å². The van der Waals surface area contributed by atoms with Crippen LogP contribution in [-0.2, 0) is 11.3 Å². The lowest BCUT2D eigenvalue weighted by atomic mass is 10.2. The Kier molecular flexibility index (Phi) is 5.44. The number of benzene rings is 2. The van der Waals surface area contributed by atoms with Crippen molar-refractivity contribution in [3.8, 4) is 0 Å². The van der Waals surface area contributed by atoms with E-state index in [1.165, 1.54) is 5.19 Å². The summed E-state index contributed by atoms with van der Waals surface area (Å²) in [6.07, 6.45) is 1.85. The first-order chi connectivity index (χ1) is 10.5. The third kappa shape index (κ3) is 4.24. The number of allylic oxidation sites excluding steroid dienone is 1. The highest BCUT2D eigenvalue weighted by Crippen LogP contribution is 2.24. The fourth-order valence-electron chi connectivity index (χ4n) is 2.33. The number of hydrogen-bond acceptors (Lipinski definition) is 2. The average molecular weight is 312 g/mol. The highest BCUT2D eigenvalue weighted by Gasteiger charge is 2.29. The summed E-state index contributed by atoms with van der Waals surface area (Å²) in [5.74, 6) is 0.0212. The summed E-state index contributed by atoms with van der Waals surface area (Å²) < 4.78 is 5.47. The maximum absolute atomic E-state index is 10.1. The summed E-state index contributed by atoms with van der Waals surface area (Å²) >= 11 is 0. The summed E-state index contributed by atoms with van der Waals surface area (Å²) in [5, 5.41) is 11.4. The first-order valence-electron chi connectivity index (χ1n) is 7.63. The SMILES string of the molecule is CC(/C=C(\O)OCc1ccccc1)[Si](C)(C)c1ccccc1. The molecule has 0 radical (unpaired) electrons. The lowest BCUT2D eigenvalue weighted by Crippen LogP contribution is -2.44. The zero-order valence-electron chi connectivity index (χ0n) is 13.5. The van der Waals surface area contributed by atoms with E-state index in [9.17, 15) is 5.11 Å². The van der Waals surface area contributed by atoms with Crippen molar-refractivity contribution in [2.45, 2.75) is 32.2 Å².